The minimum Gasteiger partial charge on any atom is -0.379 e. The van der Waals surface area contributed by atoms with Gasteiger partial charge in [0.25, 0.3) is 11.8 Å². The second kappa shape index (κ2) is 10.4. The molecule has 0 radical (unpaired) electrons. The number of nitrogens with zero attached hydrogens (tertiary/aromatic N) is 1. The number of nitrogens with two attached hydrogens (primary N) is 1. The fourth-order valence-electron chi connectivity index (χ4n) is 2.37. The summed E-state index contributed by atoms with van der Waals surface area (Å²) in [4.78, 5) is 50.7. The molecular weight excluding hydrogens is 354 g/mol. The first-order valence-electron chi connectivity index (χ1n) is 8.68. The second-order valence-electron chi connectivity index (χ2n) is 5.95. The normalized spacial score (nSPS) is 13.7. The topological polar surface area (TPSA) is 128 Å². The summed E-state index contributed by atoms with van der Waals surface area (Å²) in [6.45, 7) is 1.05. The van der Waals surface area contributed by atoms with Crippen LogP contribution in [0.4, 0.5) is 0 Å². The number of imide groups is 1. The summed E-state index contributed by atoms with van der Waals surface area (Å²) in [5, 5.41) is 3.22. The number of hydroxylamine groups is 2. The van der Waals surface area contributed by atoms with E-state index in [1.54, 1.807) is 0 Å². The molecular formula is C18H23N3O6. The molecule has 27 heavy (non-hydrogen) atoms. The number of ether oxygens (including phenoxy) is 1. The second-order valence-corrected chi connectivity index (χ2v) is 5.95. The van der Waals surface area contributed by atoms with Crippen LogP contribution in [-0.2, 0) is 41.7 Å². The Hall–Kier alpha value is -2.78. The first kappa shape index (κ1) is 20.5. The van der Waals surface area contributed by atoms with Gasteiger partial charge in [0, 0.05) is 25.9 Å². The molecule has 0 unspecified atom stereocenters. The van der Waals surface area contributed by atoms with Gasteiger partial charge in [0.15, 0.2) is 0 Å². The summed E-state index contributed by atoms with van der Waals surface area (Å²) in [7, 11) is 0. The summed E-state index contributed by atoms with van der Waals surface area (Å²) in [6, 6.07) is 7.49. The quantitative estimate of drug-likeness (QED) is 0.427. The number of hydrogen-bond acceptors (Lipinski definition) is 7. The van der Waals surface area contributed by atoms with Gasteiger partial charge in [-0.2, -0.15) is 0 Å². The van der Waals surface area contributed by atoms with Crippen LogP contribution in [0.2, 0.25) is 0 Å². The smallest absolute Gasteiger partial charge is 0.335 e. The summed E-state index contributed by atoms with van der Waals surface area (Å²) in [6.07, 6.45) is 0.270. The van der Waals surface area contributed by atoms with Crippen molar-refractivity contribution in [2.45, 2.75) is 32.2 Å². The number of amides is 3. The molecule has 0 saturated carbocycles. The van der Waals surface area contributed by atoms with Crippen LogP contribution in [0.1, 0.15) is 30.4 Å². The van der Waals surface area contributed by atoms with Crippen LogP contribution in [-0.4, -0.2) is 48.5 Å². The first-order chi connectivity index (χ1) is 13.0. The number of benzene rings is 1. The van der Waals surface area contributed by atoms with E-state index >= 15 is 0 Å². The molecule has 0 aromatic heterocycles. The summed E-state index contributed by atoms with van der Waals surface area (Å²) < 4.78 is 5.24. The average molecular weight is 377 g/mol. The predicted octanol–water partition coefficient (Wildman–Crippen LogP) is -0.182. The lowest BCUT2D eigenvalue weighted by atomic mass is 10.1. The number of rotatable bonds is 10. The molecule has 0 aliphatic carbocycles. The maximum Gasteiger partial charge on any atom is 0.335 e. The summed E-state index contributed by atoms with van der Waals surface area (Å²) in [5.41, 5.74) is 7.42. The van der Waals surface area contributed by atoms with Crippen molar-refractivity contribution >= 4 is 23.7 Å². The van der Waals surface area contributed by atoms with E-state index in [0.717, 1.165) is 11.1 Å². The minimum absolute atomic E-state index is 0.0550. The van der Waals surface area contributed by atoms with E-state index in [-0.39, 0.29) is 44.8 Å². The zero-order chi connectivity index (χ0) is 19.6. The van der Waals surface area contributed by atoms with Crippen LogP contribution in [0.3, 0.4) is 0 Å². The van der Waals surface area contributed by atoms with Gasteiger partial charge in [0.2, 0.25) is 5.91 Å². The van der Waals surface area contributed by atoms with Crippen molar-refractivity contribution in [1.29, 1.82) is 0 Å². The van der Waals surface area contributed by atoms with Crippen LogP contribution >= 0.6 is 0 Å². The molecule has 1 aromatic rings. The van der Waals surface area contributed by atoms with Gasteiger partial charge < -0.3 is 20.6 Å². The van der Waals surface area contributed by atoms with Crippen LogP contribution in [0, 0.1) is 0 Å². The Bertz CT molecular complexity index is 673. The molecule has 1 heterocycles. The first-order valence-corrected chi connectivity index (χ1v) is 8.68. The lowest BCUT2D eigenvalue weighted by Gasteiger charge is -2.12. The van der Waals surface area contributed by atoms with Crippen LogP contribution in [0.25, 0.3) is 0 Å². The largest absolute Gasteiger partial charge is 0.379 e. The van der Waals surface area contributed by atoms with E-state index in [0.29, 0.717) is 18.2 Å². The molecule has 2 rings (SSSR count). The third kappa shape index (κ3) is 6.80. The maximum atomic E-state index is 11.8. The summed E-state index contributed by atoms with van der Waals surface area (Å²) >= 11 is 0. The summed E-state index contributed by atoms with van der Waals surface area (Å²) in [5.74, 6) is -1.89. The fourth-order valence-corrected chi connectivity index (χ4v) is 2.37. The molecule has 1 aliphatic heterocycles. The third-order valence-corrected chi connectivity index (χ3v) is 3.84. The molecule has 9 heteroatoms. The Kier molecular flexibility index (Phi) is 7.90. The molecule has 9 nitrogen and oxygen atoms in total. The zero-order valence-corrected chi connectivity index (χ0v) is 14.9. The molecule has 0 spiro atoms. The molecule has 3 N–H and O–H groups in total. The van der Waals surface area contributed by atoms with Gasteiger partial charge in [-0.05, 0) is 11.1 Å². The lowest BCUT2D eigenvalue weighted by molar-refractivity contribution is -0.198. The molecule has 146 valence electrons. The van der Waals surface area contributed by atoms with Gasteiger partial charge in [0.1, 0.15) is 0 Å². The van der Waals surface area contributed by atoms with E-state index in [9.17, 15) is 19.2 Å². The van der Waals surface area contributed by atoms with E-state index in [1.807, 2.05) is 24.3 Å². The Morgan fingerprint density at radius 1 is 1.04 bits per heavy atom. The molecule has 1 fully saturated rings. The Balaban J connectivity index is 1.53. The molecule has 3 amide bonds. The highest BCUT2D eigenvalue weighted by Gasteiger charge is 2.32. The Morgan fingerprint density at radius 2 is 1.67 bits per heavy atom. The standard InChI is InChI=1S/C18H23N3O6/c19-12-14-3-1-13(2-4-14)11-15(22)20-8-10-26-9-7-18(25)27-21-16(23)5-6-17(21)24/h1-4H,5-12,19H2,(H,20,22). The van der Waals surface area contributed by atoms with E-state index in [1.165, 1.54) is 0 Å². The Morgan fingerprint density at radius 3 is 2.30 bits per heavy atom. The minimum atomic E-state index is -0.719. The van der Waals surface area contributed by atoms with Crippen molar-refractivity contribution in [3.05, 3.63) is 35.4 Å². The fraction of sp³-hybridized carbons (Fsp3) is 0.444. The van der Waals surface area contributed by atoms with Gasteiger partial charge in [-0.1, -0.05) is 24.3 Å². The third-order valence-electron chi connectivity index (χ3n) is 3.84. The van der Waals surface area contributed by atoms with Gasteiger partial charge in [-0.15, -0.1) is 5.06 Å². The van der Waals surface area contributed by atoms with E-state index in [2.05, 4.69) is 5.32 Å². The average Bonchev–Trinajstić information content (AvgIpc) is 2.97. The number of carbonyl (C=O) groups is 4. The van der Waals surface area contributed by atoms with Crippen molar-refractivity contribution in [3.63, 3.8) is 0 Å². The zero-order valence-electron chi connectivity index (χ0n) is 14.9. The predicted molar refractivity (Wildman–Crippen MR) is 93.7 cm³/mol. The van der Waals surface area contributed by atoms with E-state index in [4.69, 9.17) is 15.3 Å². The van der Waals surface area contributed by atoms with Crippen LogP contribution in [0.5, 0.6) is 0 Å². The van der Waals surface area contributed by atoms with Gasteiger partial charge in [-0.25, -0.2) is 4.79 Å². The van der Waals surface area contributed by atoms with Crippen molar-refractivity contribution in [3.8, 4) is 0 Å². The van der Waals surface area contributed by atoms with Crippen molar-refractivity contribution in [1.82, 2.24) is 10.4 Å². The number of hydrogen-bond donors (Lipinski definition) is 2. The maximum absolute atomic E-state index is 11.8. The van der Waals surface area contributed by atoms with Crippen molar-refractivity contribution in [2.75, 3.05) is 19.8 Å². The van der Waals surface area contributed by atoms with Crippen LogP contribution in [0.15, 0.2) is 24.3 Å². The molecule has 1 aliphatic rings. The van der Waals surface area contributed by atoms with Gasteiger partial charge >= 0.3 is 5.97 Å². The van der Waals surface area contributed by atoms with E-state index < -0.39 is 17.8 Å². The highest BCUT2D eigenvalue weighted by Crippen LogP contribution is 2.12. The molecule has 1 saturated heterocycles. The highest BCUT2D eigenvalue weighted by molar-refractivity contribution is 6.01. The number of carbonyl (C=O) groups excluding carboxylic acids is 4. The van der Waals surface area contributed by atoms with Gasteiger partial charge in [0.05, 0.1) is 26.1 Å². The van der Waals surface area contributed by atoms with Crippen molar-refractivity contribution < 1.29 is 28.8 Å². The van der Waals surface area contributed by atoms with Crippen LogP contribution < -0.4 is 11.1 Å². The Labute approximate surface area is 156 Å². The SMILES string of the molecule is NCc1ccc(CC(=O)NCCOCCC(=O)ON2C(=O)CCC2=O)cc1. The lowest BCUT2D eigenvalue weighted by Crippen LogP contribution is -2.32. The molecule has 1 aromatic carbocycles. The van der Waals surface area contributed by atoms with Gasteiger partial charge in [-0.3, -0.25) is 14.4 Å². The molecule has 0 atom stereocenters. The monoisotopic (exact) mass is 377 g/mol. The molecule has 0 bridgehead atoms. The van der Waals surface area contributed by atoms with Crippen molar-refractivity contribution in [2.24, 2.45) is 5.73 Å². The number of nitrogens with one attached hydrogen (secondary N) is 1. The highest BCUT2D eigenvalue weighted by atomic mass is 16.7.